The van der Waals surface area contributed by atoms with E-state index in [0.29, 0.717) is 22.6 Å². The number of pyridine rings is 1. The van der Waals surface area contributed by atoms with Crippen LogP contribution < -0.4 is 5.32 Å². The van der Waals surface area contributed by atoms with Gasteiger partial charge in [-0.25, -0.2) is 0 Å². The molecule has 0 aliphatic carbocycles. The molecule has 20 heavy (non-hydrogen) atoms. The van der Waals surface area contributed by atoms with E-state index in [0.717, 1.165) is 0 Å². The third-order valence-electron chi connectivity index (χ3n) is 2.67. The summed E-state index contributed by atoms with van der Waals surface area (Å²) in [4.78, 5) is 26.5. The molecular weight excluding hydrogens is 260 g/mol. The number of nitrogens with one attached hydrogen (secondary N) is 1. The van der Waals surface area contributed by atoms with E-state index in [1.165, 1.54) is 6.20 Å². The van der Waals surface area contributed by atoms with Gasteiger partial charge in [0, 0.05) is 13.2 Å². The second kappa shape index (κ2) is 5.52. The van der Waals surface area contributed by atoms with Crippen molar-refractivity contribution >= 4 is 17.6 Å². The van der Waals surface area contributed by atoms with Gasteiger partial charge in [0.1, 0.15) is 0 Å². The number of nitrogens with zero attached hydrogens (tertiary/aromatic N) is 3. The Labute approximate surface area is 115 Å². The zero-order valence-electron chi connectivity index (χ0n) is 11.1. The van der Waals surface area contributed by atoms with Crippen LogP contribution in [0.1, 0.15) is 21.7 Å². The van der Waals surface area contributed by atoms with Crippen LogP contribution in [0.2, 0.25) is 0 Å². The molecule has 0 aliphatic heterocycles. The van der Waals surface area contributed by atoms with Crippen LogP contribution in [0.5, 0.6) is 0 Å². The van der Waals surface area contributed by atoms with Crippen molar-refractivity contribution in [2.45, 2.75) is 13.3 Å². The van der Waals surface area contributed by atoms with Crippen LogP contribution in [0.3, 0.4) is 0 Å². The van der Waals surface area contributed by atoms with E-state index in [9.17, 15) is 9.59 Å². The van der Waals surface area contributed by atoms with Crippen molar-refractivity contribution in [1.29, 1.82) is 0 Å². The molecule has 2 heterocycles. The number of carboxylic acid groups (broad SMARTS) is 1. The Bertz CT molecular complexity index is 646. The number of carbonyl (C=O) groups is 2. The van der Waals surface area contributed by atoms with E-state index in [1.807, 2.05) is 0 Å². The van der Waals surface area contributed by atoms with Crippen molar-refractivity contribution in [2.75, 3.05) is 5.32 Å². The first-order valence-electron chi connectivity index (χ1n) is 5.94. The number of hydrogen-bond donors (Lipinski definition) is 2. The normalized spacial score (nSPS) is 10.3. The van der Waals surface area contributed by atoms with Gasteiger partial charge in [0.15, 0.2) is 0 Å². The lowest BCUT2D eigenvalue weighted by molar-refractivity contribution is -0.136. The Hall–Kier alpha value is -2.70. The van der Waals surface area contributed by atoms with Crippen LogP contribution in [0.25, 0.3) is 0 Å². The highest BCUT2D eigenvalue weighted by atomic mass is 16.4. The van der Waals surface area contributed by atoms with E-state index in [4.69, 9.17) is 5.11 Å². The summed E-state index contributed by atoms with van der Waals surface area (Å²) in [5, 5.41) is 15.4. The first-order chi connectivity index (χ1) is 9.45. The van der Waals surface area contributed by atoms with Crippen LogP contribution in [0.15, 0.2) is 24.5 Å². The van der Waals surface area contributed by atoms with Crippen molar-refractivity contribution in [1.82, 2.24) is 14.8 Å². The predicted molar refractivity (Wildman–Crippen MR) is 71.5 cm³/mol. The second-order valence-corrected chi connectivity index (χ2v) is 4.36. The van der Waals surface area contributed by atoms with E-state index >= 15 is 0 Å². The third-order valence-corrected chi connectivity index (χ3v) is 2.67. The molecule has 0 bridgehead atoms. The SMILES string of the molecule is Cc1nn(C)cc1C(=O)Nc1ccc(CC(=O)O)nc1. The first kappa shape index (κ1) is 13.7. The number of anilines is 1. The Morgan fingerprint density at radius 1 is 1.40 bits per heavy atom. The zero-order valence-corrected chi connectivity index (χ0v) is 11.1. The number of rotatable bonds is 4. The summed E-state index contributed by atoms with van der Waals surface area (Å²) in [6, 6.07) is 3.19. The minimum absolute atomic E-state index is 0.143. The van der Waals surface area contributed by atoms with Gasteiger partial charge in [0.25, 0.3) is 5.91 Å². The molecule has 7 heteroatoms. The fourth-order valence-electron chi connectivity index (χ4n) is 1.78. The van der Waals surface area contributed by atoms with Gasteiger partial charge < -0.3 is 10.4 Å². The minimum Gasteiger partial charge on any atom is -0.481 e. The first-order valence-corrected chi connectivity index (χ1v) is 5.94. The number of aliphatic carboxylic acids is 1. The fraction of sp³-hybridized carbons (Fsp3) is 0.231. The summed E-state index contributed by atoms with van der Waals surface area (Å²) in [6.45, 7) is 1.75. The van der Waals surface area contributed by atoms with E-state index in [2.05, 4.69) is 15.4 Å². The minimum atomic E-state index is -0.944. The molecule has 0 atom stereocenters. The summed E-state index contributed by atoms with van der Waals surface area (Å²) < 4.78 is 1.57. The van der Waals surface area contributed by atoms with Gasteiger partial charge in [-0.3, -0.25) is 19.3 Å². The maximum absolute atomic E-state index is 12.0. The largest absolute Gasteiger partial charge is 0.481 e. The predicted octanol–water partition coefficient (Wildman–Crippen LogP) is 1.00. The third kappa shape index (κ3) is 3.19. The molecule has 0 aliphatic rings. The average Bonchev–Trinajstić information content (AvgIpc) is 2.70. The molecule has 104 valence electrons. The summed E-state index contributed by atoms with van der Waals surface area (Å²) >= 11 is 0. The maximum Gasteiger partial charge on any atom is 0.309 e. The molecule has 1 amide bonds. The molecule has 2 aromatic rings. The van der Waals surface area contributed by atoms with Gasteiger partial charge >= 0.3 is 5.97 Å². The number of aryl methyl sites for hydroxylation is 2. The van der Waals surface area contributed by atoms with Gasteiger partial charge in [-0.15, -0.1) is 0 Å². The van der Waals surface area contributed by atoms with Crippen LogP contribution in [0.4, 0.5) is 5.69 Å². The molecule has 0 saturated heterocycles. The van der Waals surface area contributed by atoms with Crippen LogP contribution in [-0.4, -0.2) is 31.7 Å². The van der Waals surface area contributed by atoms with E-state index < -0.39 is 5.97 Å². The molecule has 2 N–H and O–H groups in total. The second-order valence-electron chi connectivity index (χ2n) is 4.36. The summed E-state index contributed by atoms with van der Waals surface area (Å²) in [6.07, 6.45) is 2.93. The molecule has 0 saturated carbocycles. The van der Waals surface area contributed by atoms with Gasteiger partial charge in [-0.1, -0.05) is 0 Å². The highest BCUT2D eigenvalue weighted by molar-refractivity contribution is 6.04. The highest BCUT2D eigenvalue weighted by Gasteiger charge is 2.12. The number of carbonyl (C=O) groups excluding carboxylic acids is 1. The number of amides is 1. The van der Waals surface area contributed by atoms with Crippen molar-refractivity contribution in [3.8, 4) is 0 Å². The van der Waals surface area contributed by atoms with Crippen LogP contribution in [0, 0.1) is 6.92 Å². The zero-order chi connectivity index (χ0) is 14.7. The van der Waals surface area contributed by atoms with Crippen LogP contribution >= 0.6 is 0 Å². The van der Waals surface area contributed by atoms with Gasteiger partial charge in [-0.2, -0.15) is 5.10 Å². The molecular formula is C13H14N4O3. The highest BCUT2D eigenvalue weighted by Crippen LogP contribution is 2.11. The van der Waals surface area contributed by atoms with Gasteiger partial charge in [0.05, 0.1) is 35.3 Å². The Morgan fingerprint density at radius 3 is 2.65 bits per heavy atom. The standard InChI is InChI=1S/C13H14N4O3/c1-8-11(7-17(2)16-8)13(20)15-10-4-3-9(14-6-10)5-12(18)19/h3-4,6-7H,5H2,1-2H3,(H,15,20)(H,18,19). The van der Waals surface area contributed by atoms with Crippen molar-refractivity contribution < 1.29 is 14.7 Å². The molecule has 0 fully saturated rings. The number of carboxylic acids is 1. The lowest BCUT2D eigenvalue weighted by atomic mass is 10.2. The molecule has 7 nitrogen and oxygen atoms in total. The lowest BCUT2D eigenvalue weighted by Crippen LogP contribution is -2.13. The van der Waals surface area contributed by atoms with Crippen molar-refractivity contribution in [2.24, 2.45) is 7.05 Å². The van der Waals surface area contributed by atoms with Gasteiger partial charge in [-0.05, 0) is 19.1 Å². The molecule has 0 spiro atoms. The molecule has 2 aromatic heterocycles. The van der Waals surface area contributed by atoms with E-state index in [-0.39, 0.29) is 12.3 Å². The average molecular weight is 274 g/mol. The van der Waals surface area contributed by atoms with Crippen molar-refractivity contribution in [3.63, 3.8) is 0 Å². The van der Waals surface area contributed by atoms with E-state index in [1.54, 1.807) is 37.0 Å². The molecule has 2 rings (SSSR count). The smallest absolute Gasteiger partial charge is 0.309 e. The Morgan fingerprint density at radius 2 is 2.15 bits per heavy atom. The summed E-state index contributed by atoms with van der Waals surface area (Å²) in [7, 11) is 1.74. The lowest BCUT2D eigenvalue weighted by Gasteiger charge is -2.04. The topological polar surface area (TPSA) is 97.1 Å². The maximum atomic E-state index is 12.0. The summed E-state index contributed by atoms with van der Waals surface area (Å²) in [5.74, 6) is -1.22. The summed E-state index contributed by atoms with van der Waals surface area (Å²) in [5.41, 5.74) is 2.07. The molecule has 0 aromatic carbocycles. The van der Waals surface area contributed by atoms with Crippen LogP contribution in [-0.2, 0) is 18.3 Å². The van der Waals surface area contributed by atoms with Crippen molar-refractivity contribution in [3.05, 3.63) is 41.5 Å². The Kier molecular flexibility index (Phi) is 3.79. The van der Waals surface area contributed by atoms with Gasteiger partial charge in [0.2, 0.25) is 0 Å². The molecule has 0 radical (unpaired) electrons. The quantitative estimate of drug-likeness (QED) is 0.867. The number of aromatic nitrogens is 3. The number of hydrogen-bond acceptors (Lipinski definition) is 4. The fourth-order valence-corrected chi connectivity index (χ4v) is 1.78. The Balaban J connectivity index is 2.08. The monoisotopic (exact) mass is 274 g/mol. The molecule has 0 unspecified atom stereocenters.